The van der Waals surface area contributed by atoms with Crippen LogP contribution in [0.4, 0.5) is 0 Å². The summed E-state index contributed by atoms with van der Waals surface area (Å²) in [6.07, 6.45) is 15.9. The molecule has 0 heterocycles. The average molecular weight is 341 g/mol. The Balaban J connectivity index is 2.10. The number of allylic oxidation sites excluding steroid dienone is 6. The molecule has 0 aromatic carbocycles. The van der Waals surface area contributed by atoms with E-state index in [9.17, 15) is 5.11 Å². The molecule has 0 aliphatic heterocycles. The Morgan fingerprint density at radius 2 is 1.44 bits per heavy atom. The van der Waals surface area contributed by atoms with E-state index >= 15 is 0 Å². The van der Waals surface area contributed by atoms with Gasteiger partial charge in [-0.05, 0) is 67.7 Å². The van der Waals surface area contributed by atoms with E-state index in [2.05, 4.69) is 52.8 Å². The molecule has 0 bridgehead atoms. The zero-order valence-electron chi connectivity index (χ0n) is 16.9. The molecule has 0 aromatic rings. The lowest BCUT2D eigenvalue weighted by atomic mass is 9.64. The minimum atomic E-state index is -0.509. The third-order valence-electron chi connectivity index (χ3n) is 7.15. The van der Waals surface area contributed by atoms with Gasteiger partial charge < -0.3 is 5.11 Å². The third-order valence-corrected chi connectivity index (χ3v) is 7.15. The van der Waals surface area contributed by atoms with E-state index in [1.54, 1.807) is 22.3 Å². The molecule has 1 fully saturated rings. The Morgan fingerprint density at radius 1 is 0.920 bits per heavy atom. The largest absolute Gasteiger partial charge is 0.389 e. The number of aliphatic hydroxyl groups is 1. The molecule has 1 saturated carbocycles. The normalized spacial score (nSPS) is 27.6. The first kappa shape index (κ1) is 18.7. The van der Waals surface area contributed by atoms with Crippen molar-refractivity contribution in [3.05, 3.63) is 46.1 Å². The van der Waals surface area contributed by atoms with Gasteiger partial charge in [-0.15, -0.1) is 0 Å². The van der Waals surface area contributed by atoms with E-state index in [-0.39, 0.29) is 11.3 Å². The van der Waals surface area contributed by atoms with Crippen LogP contribution in [0.1, 0.15) is 86.0 Å². The van der Waals surface area contributed by atoms with Crippen LogP contribution in [0.25, 0.3) is 0 Å². The van der Waals surface area contributed by atoms with Gasteiger partial charge in [0.25, 0.3) is 0 Å². The maximum absolute atomic E-state index is 11.1. The van der Waals surface area contributed by atoms with Crippen LogP contribution >= 0.6 is 0 Å². The molecule has 0 aromatic heterocycles. The van der Waals surface area contributed by atoms with Crippen LogP contribution in [0, 0.1) is 11.3 Å². The van der Waals surface area contributed by atoms with E-state index in [0.29, 0.717) is 0 Å². The van der Waals surface area contributed by atoms with Crippen LogP contribution in [0.5, 0.6) is 0 Å². The first-order chi connectivity index (χ1) is 12.0. The second kappa shape index (κ2) is 6.91. The summed E-state index contributed by atoms with van der Waals surface area (Å²) in [6, 6.07) is 0. The summed E-state index contributed by atoms with van der Waals surface area (Å²) in [5, 5.41) is 11.1. The standard InChI is InChI=1S/C24H36O/c1-6-19-20(7-2)22(9-4)24(21(19)8-3)15-12-18(16-17(24)5)23(25)13-10-11-14-23/h12,15-16,18,25H,6-11,13-14H2,1-5H3. The van der Waals surface area contributed by atoms with Crippen molar-refractivity contribution < 1.29 is 5.11 Å². The predicted octanol–water partition coefficient (Wildman–Crippen LogP) is 6.66. The van der Waals surface area contributed by atoms with Crippen molar-refractivity contribution >= 4 is 0 Å². The second-order valence-corrected chi connectivity index (χ2v) is 8.18. The Morgan fingerprint density at radius 3 is 1.84 bits per heavy atom. The van der Waals surface area contributed by atoms with Gasteiger partial charge in [-0.25, -0.2) is 0 Å². The van der Waals surface area contributed by atoms with Crippen LogP contribution in [-0.4, -0.2) is 10.7 Å². The monoisotopic (exact) mass is 340 g/mol. The summed E-state index contributed by atoms with van der Waals surface area (Å²) in [7, 11) is 0. The molecule has 1 atom stereocenters. The molecule has 0 radical (unpaired) electrons. The summed E-state index contributed by atoms with van der Waals surface area (Å²) in [6.45, 7) is 11.6. The van der Waals surface area contributed by atoms with Gasteiger partial charge in [0.05, 0.1) is 11.0 Å². The summed E-state index contributed by atoms with van der Waals surface area (Å²) in [4.78, 5) is 0. The van der Waals surface area contributed by atoms with Gasteiger partial charge in [-0.1, -0.05) is 64.3 Å². The second-order valence-electron chi connectivity index (χ2n) is 8.18. The van der Waals surface area contributed by atoms with Gasteiger partial charge in [0.2, 0.25) is 0 Å². The van der Waals surface area contributed by atoms with Crippen LogP contribution < -0.4 is 0 Å². The van der Waals surface area contributed by atoms with Gasteiger partial charge in [0.15, 0.2) is 0 Å². The molecule has 0 saturated heterocycles. The smallest absolute Gasteiger partial charge is 0.0744 e. The molecule has 1 N–H and O–H groups in total. The third kappa shape index (κ3) is 2.62. The highest BCUT2D eigenvalue weighted by atomic mass is 16.3. The maximum atomic E-state index is 11.1. The van der Waals surface area contributed by atoms with E-state index in [1.165, 1.54) is 18.4 Å². The molecule has 1 unspecified atom stereocenters. The van der Waals surface area contributed by atoms with Crippen molar-refractivity contribution in [1.82, 2.24) is 0 Å². The highest BCUT2D eigenvalue weighted by Gasteiger charge is 2.47. The molecule has 3 rings (SSSR count). The van der Waals surface area contributed by atoms with Crippen molar-refractivity contribution in [1.29, 1.82) is 0 Å². The van der Waals surface area contributed by atoms with Crippen LogP contribution in [-0.2, 0) is 0 Å². The molecule has 1 heteroatoms. The molecular formula is C24H36O. The Kier molecular flexibility index (Phi) is 5.17. The lowest BCUT2D eigenvalue weighted by Gasteiger charge is -2.41. The Labute approximate surface area is 154 Å². The predicted molar refractivity (Wildman–Crippen MR) is 107 cm³/mol. The summed E-state index contributed by atoms with van der Waals surface area (Å²) in [5.41, 5.74) is 7.39. The van der Waals surface area contributed by atoms with Gasteiger partial charge >= 0.3 is 0 Å². The fourth-order valence-electron chi connectivity index (χ4n) is 6.03. The highest BCUT2D eigenvalue weighted by Crippen LogP contribution is 2.58. The number of rotatable bonds is 5. The minimum absolute atomic E-state index is 0.00561. The van der Waals surface area contributed by atoms with Crippen molar-refractivity contribution in [2.24, 2.45) is 11.3 Å². The first-order valence-corrected chi connectivity index (χ1v) is 10.5. The molecule has 1 nitrogen and oxygen atoms in total. The lowest BCUT2D eigenvalue weighted by molar-refractivity contribution is 0.0213. The summed E-state index contributed by atoms with van der Waals surface area (Å²) in [5.74, 6) is 0.188. The van der Waals surface area contributed by atoms with E-state index in [4.69, 9.17) is 0 Å². The highest BCUT2D eigenvalue weighted by molar-refractivity contribution is 5.62. The zero-order valence-corrected chi connectivity index (χ0v) is 16.9. The van der Waals surface area contributed by atoms with E-state index < -0.39 is 5.60 Å². The van der Waals surface area contributed by atoms with Crippen LogP contribution in [0.2, 0.25) is 0 Å². The molecular weight excluding hydrogens is 304 g/mol. The molecule has 25 heavy (non-hydrogen) atoms. The van der Waals surface area contributed by atoms with Gasteiger partial charge in [-0.2, -0.15) is 0 Å². The van der Waals surface area contributed by atoms with E-state index in [1.807, 2.05) is 0 Å². The molecule has 138 valence electrons. The Hall–Kier alpha value is -1.08. The topological polar surface area (TPSA) is 20.2 Å². The fourth-order valence-corrected chi connectivity index (χ4v) is 6.03. The lowest BCUT2D eigenvalue weighted by Crippen LogP contribution is -2.36. The minimum Gasteiger partial charge on any atom is -0.389 e. The zero-order chi connectivity index (χ0) is 18.2. The van der Waals surface area contributed by atoms with Gasteiger partial charge in [-0.3, -0.25) is 0 Å². The molecule has 1 spiro atoms. The van der Waals surface area contributed by atoms with Crippen LogP contribution in [0.15, 0.2) is 46.1 Å². The Bertz CT molecular complexity index is 622. The quantitative estimate of drug-likeness (QED) is 0.555. The SMILES string of the molecule is CCC1=C(CC)C2(C=CC(C3(O)CCCC3)C=C2C)C(CC)=C1CC. The maximum Gasteiger partial charge on any atom is 0.0744 e. The van der Waals surface area contributed by atoms with E-state index in [0.717, 1.165) is 38.5 Å². The van der Waals surface area contributed by atoms with Gasteiger partial charge in [0, 0.05) is 5.92 Å². The molecule has 0 amide bonds. The fraction of sp³-hybridized carbons (Fsp3) is 0.667. The van der Waals surface area contributed by atoms with Crippen molar-refractivity contribution in [2.75, 3.05) is 0 Å². The van der Waals surface area contributed by atoms with Crippen molar-refractivity contribution in [2.45, 2.75) is 91.6 Å². The first-order valence-electron chi connectivity index (χ1n) is 10.5. The molecule has 3 aliphatic carbocycles. The van der Waals surface area contributed by atoms with Gasteiger partial charge in [0.1, 0.15) is 0 Å². The number of hydrogen-bond acceptors (Lipinski definition) is 1. The average Bonchev–Trinajstić information content (AvgIpc) is 3.17. The number of hydrogen-bond donors (Lipinski definition) is 1. The van der Waals surface area contributed by atoms with Crippen LogP contribution in [0.3, 0.4) is 0 Å². The van der Waals surface area contributed by atoms with Crippen molar-refractivity contribution in [3.63, 3.8) is 0 Å². The summed E-state index contributed by atoms with van der Waals surface area (Å²) < 4.78 is 0. The molecule has 3 aliphatic rings. The van der Waals surface area contributed by atoms with Crippen molar-refractivity contribution in [3.8, 4) is 0 Å². The summed E-state index contributed by atoms with van der Waals surface area (Å²) >= 11 is 0.